The molecule has 0 aliphatic heterocycles. The number of benzene rings is 2. The summed E-state index contributed by atoms with van der Waals surface area (Å²) in [5.41, 5.74) is 1.13. The summed E-state index contributed by atoms with van der Waals surface area (Å²) >= 11 is 0. The van der Waals surface area contributed by atoms with E-state index in [-0.39, 0.29) is 22.7 Å². The summed E-state index contributed by atoms with van der Waals surface area (Å²) in [5.74, 6) is -0.358. The smallest absolute Gasteiger partial charge is 0.191 e. The molecule has 3 aromatic rings. The summed E-state index contributed by atoms with van der Waals surface area (Å²) in [7, 11) is 0. The van der Waals surface area contributed by atoms with Crippen molar-refractivity contribution >= 4 is 0 Å². The molecule has 0 saturated carbocycles. The minimum absolute atomic E-state index is 0.0353. The first kappa shape index (κ1) is 12.8. The average Bonchev–Trinajstić information content (AvgIpc) is 2.92. The van der Waals surface area contributed by atoms with E-state index in [0.29, 0.717) is 5.69 Å². The van der Waals surface area contributed by atoms with Crippen LogP contribution in [0.1, 0.15) is 5.69 Å². The van der Waals surface area contributed by atoms with Crippen molar-refractivity contribution < 1.29 is 9.50 Å². The maximum atomic E-state index is 14.0. The third kappa shape index (κ3) is 2.21. The Hall–Kier alpha value is -3.20. The molecule has 0 bridgehead atoms. The molecule has 0 aliphatic rings. The zero-order valence-corrected chi connectivity index (χ0v) is 10.7. The van der Waals surface area contributed by atoms with Gasteiger partial charge in [-0.3, -0.25) is 0 Å². The van der Waals surface area contributed by atoms with Gasteiger partial charge in [0.15, 0.2) is 5.69 Å². The van der Waals surface area contributed by atoms with Gasteiger partial charge in [-0.15, -0.1) is 5.10 Å². The molecule has 102 valence electrons. The van der Waals surface area contributed by atoms with Gasteiger partial charge in [0, 0.05) is 5.56 Å². The molecule has 5 nitrogen and oxygen atoms in total. The van der Waals surface area contributed by atoms with E-state index in [1.54, 1.807) is 30.3 Å². The molecule has 1 N–H and O–H groups in total. The van der Waals surface area contributed by atoms with Gasteiger partial charge in [0.2, 0.25) is 0 Å². The highest BCUT2D eigenvalue weighted by atomic mass is 19.1. The number of hydrogen-bond donors (Lipinski definition) is 1. The predicted molar refractivity (Wildman–Crippen MR) is 73.1 cm³/mol. The predicted octanol–water partition coefficient (Wildman–Crippen LogP) is 2.65. The van der Waals surface area contributed by atoms with Crippen LogP contribution in [0, 0.1) is 17.1 Å². The summed E-state index contributed by atoms with van der Waals surface area (Å²) < 4.78 is 15.4. The number of phenols is 1. The number of phenolic OH excluding ortho intramolecular Hbond substituents is 1. The number of nitrogens with zero attached hydrogens (tertiary/aromatic N) is 4. The first-order valence-electron chi connectivity index (χ1n) is 6.11. The maximum absolute atomic E-state index is 14.0. The minimum atomic E-state index is -0.462. The standard InChI is InChI=1S/C15H9FN4O/c16-13-4-2-1-3-12(13)15-14(9-17)18-19-20(15)10-5-7-11(21)8-6-10/h1-8,21H. The van der Waals surface area contributed by atoms with Gasteiger partial charge in [-0.25, -0.2) is 9.07 Å². The lowest BCUT2D eigenvalue weighted by Gasteiger charge is -2.07. The van der Waals surface area contributed by atoms with Crippen LogP contribution in [0.2, 0.25) is 0 Å². The topological polar surface area (TPSA) is 74.7 Å². The van der Waals surface area contributed by atoms with Crippen molar-refractivity contribution in [2.45, 2.75) is 0 Å². The second-order valence-electron chi connectivity index (χ2n) is 4.31. The van der Waals surface area contributed by atoms with Crippen molar-refractivity contribution in [3.05, 3.63) is 60.0 Å². The SMILES string of the molecule is N#Cc1nnn(-c2ccc(O)cc2)c1-c1ccccc1F. The fourth-order valence-electron chi connectivity index (χ4n) is 2.03. The monoisotopic (exact) mass is 280 g/mol. The quantitative estimate of drug-likeness (QED) is 0.783. The highest BCUT2D eigenvalue weighted by Crippen LogP contribution is 2.27. The highest BCUT2D eigenvalue weighted by Gasteiger charge is 2.18. The van der Waals surface area contributed by atoms with Crippen LogP contribution in [0.3, 0.4) is 0 Å². The molecule has 6 heteroatoms. The van der Waals surface area contributed by atoms with Crippen LogP contribution < -0.4 is 0 Å². The normalized spacial score (nSPS) is 10.3. The molecular weight excluding hydrogens is 271 g/mol. The highest BCUT2D eigenvalue weighted by molar-refractivity contribution is 5.67. The molecule has 0 fully saturated rings. The lowest BCUT2D eigenvalue weighted by molar-refractivity contribution is 0.475. The van der Waals surface area contributed by atoms with Crippen molar-refractivity contribution in [2.75, 3.05) is 0 Å². The van der Waals surface area contributed by atoms with Gasteiger partial charge in [0.25, 0.3) is 0 Å². The van der Waals surface area contributed by atoms with Crippen LogP contribution in [-0.2, 0) is 0 Å². The van der Waals surface area contributed by atoms with Gasteiger partial charge in [-0.1, -0.05) is 17.3 Å². The van der Waals surface area contributed by atoms with E-state index in [4.69, 9.17) is 5.26 Å². The summed E-state index contributed by atoms with van der Waals surface area (Å²) in [4.78, 5) is 0. The molecule has 3 rings (SSSR count). The molecule has 0 unspecified atom stereocenters. The third-order valence-electron chi connectivity index (χ3n) is 3.00. The van der Waals surface area contributed by atoms with Crippen molar-refractivity contribution in [1.29, 1.82) is 5.26 Å². The first-order valence-corrected chi connectivity index (χ1v) is 6.11. The number of aromatic hydroxyl groups is 1. The van der Waals surface area contributed by atoms with E-state index in [1.165, 1.54) is 22.9 Å². The van der Waals surface area contributed by atoms with Gasteiger partial charge < -0.3 is 5.11 Å². The Balaban J connectivity index is 2.25. The summed E-state index contributed by atoms with van der Waals surface area (Å²) in [5, 5.41) is 26.1. The molecule has 2 aromatic carbocycles. The maximum Gasteiger partial charge on any atom is 0.191 e. The minimum Gasteiger partial charge on any atom is -0.508 e. The second kappa shape index (κ2) is 5.06. The van der Waals surface area contributed by atoms with Crippen LogP contribution in [-0.4, -0.2) is 20.1 Å². The Labute approximate surface area is 119 Å². The average molecular weight is 280 g/mol. The Bertz CT molecular complexity index is 834. The molecule has 1 aromatic heterocycles. The molecule has 0 saturated heterocycles. The molecule has 0 spiro atoms. The molecule has 21 heavy (non-hydrogen) atoms. The van der Waals surface area contributed by atoms with Gasteiger partial charge in [-0.2, -0.15) is 5.26 Å². The molecule has 1 heterocycles. The van der Waals surface area contributed by atoms with E-state index in [9.17, 15) is 9.50 Å². The van der Waals surface area contributed by atoms with E-state index in [2.05, 4.69) is 10.3 Å². The molecular formula is C15H9FN4O. The zero-order valence-electron chi connectivity index (χ0n) is 10.7. The Kier molecular flexibility index (Phi) is 3.09. The number of hydrogen-bond acceptors (Lipinski definition) is 4. The fourth-order valence-corrected chi connectivity index (χ4v) is 2.03. The van der Waals surface area contributed by atoms with E-state index >= 15 is 0 Å². The Morgan fingerprint density at radius 3 is 2.48 bits per heavy atom. The second-order valence-corrected chi connectivity index (χ2v) is 4.31. The van der Waals surface area contributed by atoms with Crippen molar-refractivity contribution in [2.24, 2.45) is 0 Å². The van der Waals surface area contributed by atoms with E-state index < -0.39 is 5.82 Å². The van der Waals surface area contributed by atoms with Gasteiger partial charge in [0.1, 0.15) is 23.3 Å². The van der Waals surface area contributed by atoms with Crippen LogP contribution in [0.25, 0.3) is 16.9 Å². The summed E-state index contributed by atoms with van der Waals surface area (Å²) in [6.07, 6.45) is 0. The number of aromatic nitrogens is 3. The van der Waals surface area contributed by atoms with Gasteiger partial charge >= 0.3 is 0 Å². The van der Waals surface area contributed by atoms with E-state index in [1.807, 2.05) is 6.07 Å². The number of halogens is 1. The number of nitriles is 1. The fraction of sp³-hybridized carbons (Fsp3) is 0. The first-order chi connectivity index (χ1) is 10.2. The van der Waals surface area contributed by atoms with Gasteiger partial charge in [0.05, 0.1) is 5.69 Å². The lowest BCUT2D eigenvalue weighted by Crippen LogP contribution is -2.00. The molecule has 0 atom stereocenters. The zero-order chi connectivity index (χ0) is 14.8. The lowest BCUT2D eigenvalue weighted by atomic mass is 10.1. The van der Waals surface area contributed by atoms with Gasteiger partial charge in [-0.05, 0) is 36.4 Å². The molecule has 0 aliphatic carbocycles. The molecule has 0 amide bonds. The summed E-state index contributed by atoms with van der Waals surface area (Å²) in [6, 6.07) is 14.2. The largest absolute Gasteiger partial charge is 0.508 e. The van der Waals surface area contributed by atoms with Crippen LogP contribution >= 0.6 is 0 Å². The van der Waals surface area contributed by atoms with Crippen molar-refractivity contribution in [3.63, 3.8) is 0 Å². The third-order valence-corrected chi connectivity index (χ3v) is 3.00. The van der Waals surface area contributed by atoms with Crippen molar-refractivity contribution in [1.82, 2.24) is 15.0 Å². The Morgan fingerprint density at radius 2 is 1.81 bits per heavy atom. The number of rotatable bonds is 2. The summed E-state index contributed by atoms with van der Waals surface area (Å²) in [6.45, 7) is 0. The molecule has 0 radical (unpaired) electrons. The van der Waals surface area contributed by atoms with Crippen LogP contribution in [0.15, 0.2) is 48.5 Å². The van der Waals surface area contributed by atoms with Crippen molar-refractivity contribution in [3.8, 4) is 28.8 Å². The van der Waals surface area contributed by atoms with Crippen LogP contribution in [0.4, 0.5) is 4.39 Å². The van der Waals surface area contributed by atoms with E-state index in [0.717, 1.165) is 0 Å². The van der Waals surface area contributed by atoms with Crippen LogP contribution in [0.5, 0.6) is 5.75 Å². The Morgan fingerprint density at radius 1 is 1.10 bits per heavy atom.